The van der Waals surface area contributed by atoms with Crippen LogP contribution in [0.25, 0.3) is 0 Å². The van der Waals surface area contributed by atoms with Crippen LogP contribution < -0.4 is 16.2 Å². The Morgan fingerprint density at radius 3 is 2.50 bits per heavy atom. The van der Waals surface area contributed by atoms with Crippen LogP contribution in [-0.4, -0.2) is 6.61 Å². The minimum absolute atomic E-state index is 0.652. The zero-order valence-electron chi connectivity index (χ0n) is 10.3. The number of aryl methyl sites for hydroxylation is 1. The fourth-order valence-corrected chi connectivity index (χ4v) is 1.69. The van der Waals surface area contributed by atoms with Crippen LogP contribution in [0.2, 0.25) is 0 Å². The van der Waals surface area contributed by atoms with E-state index >= 15 is 0 Å². The third kappa shape index (κ3) is 3.33. The lowest BCUT2D eigenvalue weighted by Crippen LogP contribution is -2.04. The summed E-state index contributed by atoms with van der Waals surface area (Å²) in [5, 5.41) is 0. The molecule has 0 aliphatic carbocycles. The summed E-state index contributed by atoms with van der Waals surface area (Å²) in [5.74, 6) is 0.824. The van der Waals surface area contributed by atoms with Crippen LogP contribution in [0, 0.1) is 0 Å². The van der Waals surface area contributed by atoms with Gasteiger partial charge in [-0.25, -0.2) is 0 Å². The van der Waals surface area contributed by atoms with Gasteiger partial charge in [0.25, 0.3) is 0 Å². The van der Waals surface area contributed by atoms with Crippen LogP contribution >= 0.6 is 0 Å². The van der Waals surface area contributed by atoms with E-state index in [2.05, 4.69) is 13.8 Å². The van der Waals surface area contributed by atoms with Crippen molar-refractivity contribution >= 4 is 11.4 Å². The molecule has 4 N–H and O–H groups in total. The standard InChI is InChI=1S/C13H22N2O/c1-3-5-7-16-13-10(6-4-2)8-11(14)9-12(13)15/h8-9H,3-7,14-15H2,1-2H3. The maximum atomic E-state index is 5.93. The molecule has 0 radical (unpaired) electrons. The lowest BCUT2D eigenvalue weighted by molar-refractivity contribution is 0.308. The molecule has 0 aliphatic rings. The predicted octanol–water partition coefficient (Wildman–Crippen LogP) is 2.98. The number of hydrogen-bond acceptors (Lipinski definition) is 3. The first-order valence-electron chi connectivity index (χ1n) is 5.99. The summed E-state index contributed by atoms with van der Waals surface area (Å²) in [6.07, 6.45) is 4.19. The number of benzene rings is 1. The van der Waals surface area contributed by atoms with Gasteiger partial charge in [-0.15, -0.1) is 0 Å². The van der Waals surface area contributed by atoms with E-state index in [0.717, 1.165) is 43.6 Å². The van der Waals surface area contributed by atoms with Crippen LogP contribution in [0.4, 0.5) is 11.4 Å². The molecule has 0 spiro atoms. The fraction of sp³-hybridized carbons (Fsp3) is 0.538. The number of rotatable bonds is 6. The molecule has 16 heavy (non-hydrogen) atoms. The molecule has 1 aromatic carbocycles. The number of anilines is 2. The molecule has 3 heteroatoms. The van der Waals surface area contributed by atoms with Crippen molar-refractivity contribution in [2.75, 3.05) is 18.1 Å². The van der Waals surface area contributed by atoms with E-state index in [1.165, 1.54) is 0 Å². The van der Waals surface area contributed by atoms with Crippen LogP contribution in [0.1, 0.15) is 38.7 Å². The van der Waals surface area contributed by atoms with E-state index in [9.17, 15) is 0 Å². The van der Waals surface area contributed by atoms with E-state index in [4.69, 9.17) is 16.2 Å². The lowest BCUT2D eigenvalue weighted by Gasteiger charge is -2.14. The maximum Gasteiger partial charge on any atom is 0.145 e. The van der Waals surface area contributed by atoms with Crippen molar-refractivity contribution in [2.24, 2.45) is 0 Å². The molecule has 0 unspecified atom stereocenters. The zero-order valence-corrected chi connectivity index (χ0v) is 10.3. The van der Waals surface area contributed by atoms with Crippen molar-refractivity contribution in [1.29, 1.82) is 0 Å². The van der Waals surface area contributed by atoms with Crippen molar-refractivity contribution < 1.29 is 4.74 Å². The topological polar surface area (TPSA) is 61.3 Å². The van der Waals surface area contributed by atoms with Crippen molar-refractivity contribution in [3.63, 3.8) is 0 Å². The molecule has 0 bridgehead atoms. The van der Waals surface area contributed by atoms with Gasteiger partial charge in [0.05, 0.1) is 12.3 Å². The van der Waals surface area contributed by atoms with Crippen molar-refractivity contribution in [2.45, 2.75) is 39.5 Å². The molecule has 0 atom stereocenters. The molecular formula is C13H22N2O. The Hall–Kier alpha value is -1.38. The Balaban J connectivity index is 2.85. The Labute approximate surface area is 97.8 Å². The maximum absolute atomic E-state index is 5.93. The fourth-order valence-electron chi connectivity index (χ4n) is 1.69. The van der Waals surface area contributed by atoms with Gasteiger partial charge in [-0.3, -0.25) is 0 Å². The second-order valence-electron chi connectivity index (χ2n) is 4.05. The lowest BCUT2D eigenvalue weighted by atomic mass is 10.1. The van der Waals surface area contributed by atoms with Gasteiger partial charge in [-0.2, -0.15) is 0 Å². The van der Waals surface area contributed by atoms with Gasteiger partial charge in [0.1, 0.15) is 5.75 Å². The van der Waals surface area contributed by atoms with E-state index < -0.39 is 0 Å². The van der Waals surface area contributed by atoms with Crippen molar-refractivity contribution in [3.05, 3.63) is 17.7 Å². The minimum atomic E-state index is 0.652. The molecule has 0 amide bonds. The molecule has 0 fully saturated rings. The Kier molecular flexibility index (Phi) is 4.96. The summed E-state index contributed by atoms with van der Waals surface area (Å²) in [6.45, 7) is 5.00. The summed E-state index contributed by atoms with van der Waals surface area (Å²) in [7, 11) is 0. The van der Waals surface area contributed by atoms with Crippen LogP contribution in [0.15, 0.2) is 12.1 Å². The molecule has 0 saturated heterocycles. The number of ether oxygens (including phenoxy) is 1. The Bertz CT molecular complexity index is 337. The first kappa shape index (κ1) is 12.7. The second kappa shape index (κ2) is 6.26. The first-order chi connectivity index (χ1) is 7.69. The molecule has 1 aromatic rings. The SMILES string of the molecule is CCCCOc1c(N)cc(N)cc1CCC. The van der Waals surface area contributed by atoms with Gasteiger partial charge >= 0.3 is 0 Å². The minimum Gasteiger partial charge on any atom is -0.491 e. The highest BCUT2D eigenvalue weighted by atomic mass is 16.5. The number of unbranched alkanes of at least 4 members (excludes halogenated alkanes) is 1. The van der Waals surface area contributed by atoms with E-state index in [-0.39, 0.29) is 0 Å². The van der Waals surface area contributed by atoms with Crippen LogP contribution in [0.5, 0.6) is 5.75 Å². The number of hydrogen-bond donors (Lipinski definition) is 2. The monoisotopic (exact) mass is 222 g/mol. The highest BCUT2D eigenvalue weighted by Gasteiger charge is 2.08. The van der Waals surface area contributed by atoms with Gasteiger partial charge < -0.3 is 16.2 Å². The zero-order chi connectivity index (χ0) is 12.0. The van der Waals surface area contributed by atoms with E-state index in [1.54, 1.807) is 6.07 Å². The van der Waals surface area contributed by atoms with Gasteiger partial charge in [0, 0.05) is 5.69 Å². The second-order valence-corrected chi connectivity index (χ2v) is 4.05. The third-order valence-corrected chi connectivity index (χ3v) is 2.48. The van der Waals surface area contributed by atoms with Crippen molar-refractivity contribution in [1.82, 2.24) is 0 Å². The largest absolute Gasteiger partial charge is 0.491 e. The van der Waals surface area contributed by atoms with Crippen molar-refractivity contribution in [3.8, 4) is 5.75 Å². The molecular weight excluding hydrogens is 200 g/mol. The third-order valence-electron chi connectivity index (χ3n) is 2.48. The average molecular weight is 222 g/mol. The summed E-state index contributed by atoms with van der Waals surface area (Å²) >= 11 is 0. The van der Waals surface area contributed by atoms with E-state index in [1.807, 2.05) is 6.07 Å². The van der Waals surface area contributed by atoms with Gasteiger partial charge in [0.2, 0.25) is 0 Å². The predicted molar refractivity (Wildman–Crippen MR) is 69.7 cm³/mol. The summed E-state index contributed by atoms with van der Waals surface area (Å²) in [4.78, 5) is 0. The summed E-state index contributed by atoms with van der Waals surface area (Å²) < 4.78 is 5.74. The summed E-state index contributed by atoms with van der Waals surface area (Å²) in [6, 6.07) is 3.72. The number of nitrogens with two attached hydrogens (primary N) is 2. The van der Waals surface area contributed by atoms with Crippen LogP contribution in [-0.2, 0) is 6.42 Å². The quantitative estimate of drug-likeness (QED) is 0.574. The highest BCUT2D eigenvalue weighted by molar-refractivity contribution is 5.64. The molecule has 3 nitrogen and oxygen atoms in total. The highest BCUT2D eigenvalue weighted by Crippen LogP contribution is 2.30. The molecule has 0 saturated carbocycles. The van der Waals surface area contributed by atoms with Gasteiger partial charge in [-0.05, 0) is 30.5 Å². The van der Waals surface area contributed by atoms with Crippen LogP contribution in [0.3, 0.4) is 0 Å². The normalized spacial score (nSPS) is 10.4. The molecule has 1 rings (SSSR count). The Morgan fingerprint density at radius 1 is 1.12 bits per heavy atom. The summed E-state index contributed by atoms with van der Waals surface area (Å²) in [5.41, 5.74) is 14.2. The Morgan fingerprint density at radius 2 is 1.88 bits per heavy atom. The molecule has 90 valence electrons. The molecule has 0 aliphatic heterocycles. The van der Waals surface area contributed by atoms with E-state index in [0.29, 0.717) is 11.4 Å². The smallest absolute Gasteiger partial charge is 0.145 e. The van der Waals surface area contributed by atoms with Gasteiger partial charge in [-0.1, -0.05) is 26.7 Å². The number of nitrogen functional groups attached to an aromatic ring is 2. The molecule has 0 aromatic heterocycles. The molecule has 0 heterocycles. The first-order valence-corrected chi connectivity index (χ1v) is 5.99. The van der Waals surface area contributed by atoms with Gasteiger partial charge in [0.15, 0.2) is 0 Å². The average Bonchev–Trinajstić information content (AvgIpc) is 2.22.